The second-order valence-corrected chi connectivity index (χ2v) is 6.00. The molecule has 0 radical (unpaired) electrons. The minimum absolute atomic E-state index is 0. The Labute approximate surface area is 177 Å². The lowest BCUT2D eigenvalue weighted by molar-refractivity contribution is 0.297. The Morgan fingerprint density at radius 1 is 1.11 bits per heavy atom. The van der Waals surface area contributed by atoms with Crippen LogP contribution < -0.4 is 24.8 Å². The average molecular weight is 483 g/mol. The normalized spacial score (nSPS) is 13.2. The fourth-order valence-corrected chi connectivity index (χ4v) is 2.60. The van der Waals surface area contributed by atoms with Crippen molar-refractivity contribution in [3.05, 3.63) is 48.0 Å². The SMILES string of the molecule is CN=C(NCCOc1cccc(C)c1)Nc1ccc2c(c1)OCCCO2.I. The smallest absolute Gasteiger partial charge is 0.195 e. The van der Waals surface area contributed by atoms with Crippen LogP contribution in [-0.2, 0) is 0 Å². The van der Waals surface area contributed by atoms with Crippen LogP contribution in [0, 0.1) is 6.92 Å². The predicted octanol–water partition coefficient (Wildman–Crippen LogP) is 3.84. The van der Waals surface area contributed by atoms with E-state index in [0.29, 0.717) is 32.3 Å². The second-order valence-electron chi connectivity index (χ2n) is 6.00. The van der Waals surface area contributed by atoms with E-state index < -0.39 is 0 Å². The van der Waals surface area contributed by atoms with Gasteiger partial charge >= 0.3 is 0 Å². The van der Waals surface area contributed by atoms with Gasteiger partial charge in [-0.05, 0) is 36.8 Å². The molecule has 0 saturated heterocycles. The first-order chi connectivity index (χ1) is 12.7. The van der Waals surface area contributed by atoms with Gasteiger partial charge in [0.1, 0.15) is 12.4 Å². The van der Waals surface area contributed by atoms with E-state index in [2.05, 4.69) is 15.6 Å². The summed E-state index contributed by atoms with van der Waals surface area (Å²) < 4.78 is 17.1. The van der Waals surface area contributed by atoms with Crippen molar-refractivity contribution in [2.24, 2.45) is 4.99 Å². The molecule has 0 atom stereocenters. The van der Waals surface area contributed by atoms with E-state index >= 15 is 0 Å². The minimum Gasteiger partial charge on any atom is -0.492 e. The molecule has 146 valence electrons. The van der Waals surface area contributed by atoms with E-state index in [9.17, 15) is 0 Å². The minimum atomic E-state index is 0. The Bertz CT molecular complexity index is 768. The van der Waals surface area contributed by atoms with Crippen molar-refractivity contribution in [2.75, 3.05) is 38.7 Å². The number of aryl methyl sites for hydroxylation is 1. The molecule has 6 nitrogen and oxygen atoms in total. The Hall–Kier alpha value is -2.16. The van der Waals surface area contributed by atoms with Gasteiger partial charge in [-0.2, -0.15) is 0 Å². The summed E-state index contributed by atoms with van der Waals surface area (Å²) in [6, 6.07) is 13.8. The third-order valence-corrected chi connectivity index (χ3v) is 3.89. The summed E-state index contributed by atoms with van der Waals surface area (Å²) in [5, 5.41) is 6.49. The molecular weight excluding hydrogens is 457 g/mol. The van der Waals surface area contributed by atoms with Crippen molar-refractivity contribution in [3.8, 4) is 17.2 Å². The van der Waals surface area contributed by atoms with Crippen LogP contribution in [0.25, 0.3) is 0 Å². The second kappa shape index (κ2) is 10.9. The average Bonchev–Trinajstić information content (AvgIpc) is 2.89. The van der Waals surface area contributed by atoms with Crippen molar-refractivity contribution in [3.63, 3.8) is 0 Å². The number of hydrogen-bond acceptors (Lipinski definition) is 4. The topological polar surface area (TPSA) is 64.1 Å². The predicted molar refractivity (Wildman–Crippen MR) is 119 cm³/mol. The third kappa shape index (κ3) is 6.50. The first-order valence-corrected chi connectivity index (χ1v) is 8.81. The first-order valence-electron chi connectivity index (χ1n) is 8.81. The van der Waals surface area contributed by atoms with Crippen molar-refractivity contribution in [1.82, 2.24) is 5.32 Å². The van der Waals surface area contributed by atoms with Crippen molar-refractivity contribution >= 4 is 35.6 Å². The van der Waals surface area contributed by atoms with Gasteiger partial charge < -0.3 is 24.8 Å². The largest absolute Gasteiger partial charge is 0.492 e. The fraction of sp³-hybridized carbons (Fsp3) is 0.350. The molecule has 27 heavy (non-hydrogen) atoms. The number of guanidine groups is 1. The van der Waals surface area contributed by atoms with E-state index in [-0.39, 0.29) is 24.0 Å². The van der Waals surface area contributed by atoms with E-state index in [1.165, 1.54) is 5.56 Å². The summed E-state index contributed by atoms with van der Waals surface area (Å²) in [5.41, 5.74) is 2.07. The van der Waals surface area contributed by atoms with E-state index in [1.807, 2.05) is 49.4 Å². The van der Waals surface area contributed by atoms with Crippen molar-refractivity contribution in [2.45, 2.75) is 13.3 Å². The maximum atomic E-state index is 5.74. The van der Waals surface area contributed by atoms with Gasteiger partial charge in [-0.25, -0.2) is 0 Å². The maximum absolute atomic E-state index is 5.74. The van der Waals surface area contributed by atoms with Gasteiger partial charge in [0.2, 0.25) is 0 Å². The summed E-state index contributed by atoms with van der Waals surface area (Å²) >= 11 is 0. The number of halogens is 1. The van der Waals surface area contributed by atoms with Gasteiger partial charge in [0.25, 0.3) is 0 Å². The molecule has 0 saturated carbocycles. The summed E-state index contributed by atoms with van der Waals surface area (Å²) in [7, 11) is 1.74. The van der Waals surface area contributed by atoms with Crippen LogP contribution in [0.3, 0.4) is 0 Å². The molecule has 0 unspecified atom stereocenters. The molecule has 2 N–H and O–H groups in total. The molecule has 0 aliphatic carbocycles. The number of hydrogen-bond donors (Lipinski definition) is 2. The molecule has 1 aliphatic rings. The zero-order valence-corrected chi connectivity index (χ0v) is 18.0. The van der Waals surface area contributed by atoms with Crippen LogP contribution in [0.1, 0.15) is 12.0 Å². The number of nitrogens with zero attached hydrogens (tertiary/aromatic N) is 1. The van der Waals surface area contributed by atoms with E-state index in [0.717, 1.165) is 29.4 Å². The quantitative estimate of drug-likeness (QED) is 0.293. The molecule has 0 aromatic heterocycles. The van der Waals surface area contributed by atoms with Gasteiger partial charge in [0, 0.05) is 25.2 Å². The summed E-state index contributed by atoms with van der Waals surface area (Å²) in [4.78, 5) is 4.24. The van der Waals surface area contributed by atoms with E-state index in [4.69, 9.17) is 14.2 Å². The number of nitrogens with one attached hydrogen (secondary N) is 2. The Balaban J connectivity index is 0.00000261. The zero-order chi connectivity index (χ0) is 18.2. The molecule has 2 aromatic carbocycles. The monoisotopic (exact) mass is 483 g/mol. The molecule has 3 rings (SSSR count). The van der Waals surface area contributed by atoms with E-state index in [1.54, 1.807) is 7.05 Å². The molecule has 0 amide bonds. The number of aliphatic imine (C=N–C) groups is 1. The highest BCUT2D eigenvalue weighted by molar-refractivity contribution is 14.0. The van der Waals surface area contributed by atoms with Gasteiger partial charge in [-0.3, -0.25) is 4.99 Å². The van der Waals surface area contributed by atoms with Gasteiger partial charge in [0.15, 0.2) is 17.5 Å². The molecule has 1 heterocycles. The molecular formula is C20H26IN3O3. The molecule has 0 fully saturated rings. The highest BCUT2D eigenvalue weighted by Gasteiger charge is 2.11. The van der Waals surface area contributed by atoms with Crippen LogP contribution in [0.5, 0.6) is 17.2 Å². The highest BCUT2D eigenvalue weighted by atomic mass is 127. The maximum Gasteiger partial charge on any atom is 0.195 e. The lowest BCUT2D eigenvalue weighted by Crippen LogP contribution is -2.33. The number of ether oxygens (including phenoxy) is 3. The number of rotatable bonds is 5. The van der Waals surface area contributed by atoms with Gasteiger partial charge in [-0.15, -0.1) is 24.0 Å². The zero-order valence-electron chi connectivity index (χ0n) is 15.7. The number of fused-ring (bicyclic) bond motifs is 1. The summed E-state index contributed by atoms with van der Waals surface area (Å²) in [6.45, 7) is 4.58. The van der Waals surface area contributed by atoms with Crippen LogP contribution in [-0.4, -0.2) is 39.4 Å². The first kappa shape index (κ1) is 21.1. The summed E-state index contributed by atoms with van der Waals surface area (Å²) in [6.07, 6.45) is 0.890. The molecule has 2 aromatic rings. The van der Waals surface area contributed by atoms with Crippen LogP contribution in [0.15, 0.2) is 47.5 Å². The molecule has 0 spiro atoms. The Morgan fingerprint density at radius 3 is 2.70 bits per heavy atom. The van der Waals surface area contributed by atoms with Crippen LogP contribution in [0.2, 0.25) is 0 Å². The van der Waals surface area contributed by atoms with Crippen molar-refractivity contribution < 1.29 is 14.2 Å². The number of benzene rings is 2. The Morgan fingerprint density at radius 2 is 1.93 bits per heavy atom. The Kier molecular flexibility index (Phi) is 8.50. The summed E-state index contributed by atoms with van der Waals surface area (Å²) in [5.74, 6) is 3.08. The molecule has 1 aliphatic heterocycles. The highest BCUT2D eigenvalue weighted by Crippen LogP contribution is 2.32. The van der Waals surface area contributed by atoms with Crippen LogP contribution in [0.4, 0.5) is 5.69 Å². The van der Waals surface area contributed by atoms with Gasteiger partial charge in [-0.1, -0.05) is 12.1 Å². The standard InChI is InChI=1S/C20H25N3O3.HI/c1-15-5-3-6-17(13-15)24-12-9-22-20(21-2)23-16-7-8-18-19(14-16)26-11-4-10-25-18;/h3,5-8,13-14H,4,9-12H2,1-2H3,(H2,21,22,23);1H. The fourth-order valence-electron chi connectivity index (χ4n) is 2.60. The third-order valence-electron chi connectivity index (χ3n) is 3.89. The number of anilines is 1. The molecule has 0 bridgehead atoms. The van der Waals surface area contributed by atoms with Crippen LogP contribution >= 0.6 is 24.0 Å². The molecule has 7 heteroatoms. The van der Waals surface area contributed by atoms with Gasteiger partial charge in [0.05, 0.1) is 19.8 Å². The lowest BCUT2D eigenvalue weighted by Gasteiger charge is -2.14. The lowest BCUT2D eigenvalue weighted by atomic mass is 10.2. The van der Waals surface area contributed by atoms with Crippen molar-refractivity contribution in [1.29, 1.82) is 0 Å².